The molecule has 0 N–H and O–H groups in total. The van der Waals surface area contributed by atoms with Crippen LogP contribution in [0.1, 0.15) is 34.7 Å². The second kappa shape index (κ2) is 6.67. The molecule has 3 aromatic rings. The number of pyridine rings is 1. The lowest BCUT2D eigenvalue weighted by Gasteiger charge is -2.32. The van der Waals surface area contributed by atoms with E-state index in [-0.39, 0.29) is 5.91 Å². The second-order valence-electron chi connectivity index (χ2n) is 6.82. The lowest BCUT2D eigenvalue weighted by Crippen LogP contribution is -2.40. The zero-order chi connectivity index (χ0) is 17.2. The summed E-state index contributed by atoms with van der Waals surface area (Å²) in [6.07, 6.45) is 5.06. The first-order valence-corrected chi connectivity index (χ1v) is 8.75. The predicted molar refractivity (Wildman–Crippen MR) is 95.3 cm³/mol. The van der Waals surface area contributed by atoms with Gasteiger partial charge < -0.3 is 9.42 Å². The molecule has 128 valence electrons. The molecule has 1 atom stereocenters. The number of hydrogen-bond acceptors (Lipinski definition) is 4. The van der Waals surface area contributed by atoms with Crippen molar-refractivity contribution in [1.82, 2.24) is 15.0 Å². The molecule has 25 heavy (non-hydrogen) atoms. The molecule has 5 nitrogen and oxygen atoms in total. The SMILES string of the molecule is Cc1cc(C(=O)N2CCCC(Cc3cnc4ccccc4c3)C2)no1. The first kappa shape index (κ1) is 15.8. The van der Waals surface area contributed by atoms with Gasteiger partial charge in [-0.25, -0.2) is 0 Å². The van der Waals surface area contributed by atoms with E-state index in [0.29, 0.717) is 17.4 Å². The van der Waals surface area contributed by atoms with E-state index in [1.54, 1.807) is 13.0 Å². The fraction of sp³-hybridized carbons (Fsp3) is 0.350. The van der Waals surface area contributed by atoms with Gasteiger partial charge in [-0.2, -0.15) is 0 Å². The zero-order valence-corrected chi connectivity index (χ0v) is 14.3. The van der Waals surface area contributed by atoms with Crippen LogP contribution in [0.5, 0.6) is 0 Å². The minimum Gasteiger partial charge on any atom is -0.361 e. The third kappa shape index (κ3) is 3.40. The maximum Gasteiger partial charge on any atom is 0.276 e. The summed E-state index contributed by atoms with van der Waals surface area (Å²) in [4.78, 5) is 19.0. The number of likely N-dealkylation sites (tertiary alicyclic amines) is 1. The topological polar surface area (TPSA) is 59.2 Å². The molecule has 3 heterocycles. The molecule has 0 aliphatic carbocycles. The smallest absolute Gasteiger partial charge is 0.276 e. The van der Waals surface area contributed by atoms with E-state index in [0.717, 1.165) is 37.9 Å². The van der Waals surface area contributed by atoms with E-state index in [1.807, 2.05) is 29.3 Å². The van der Waals surface area contributed by atoms with Gasteiger partial charge in [0.15, 0.2) is 5.69 Å². The number of piperidine rings is 1. The molecule has 5 heteroatoms. The summed E-state index contributed by atoms with van der Waals surface area (Å²) in [5, 5.41) is 5.03. The van der Waals surface area contributed by atoms with Crippen molar-refractivity contribution in [3.8, 4) is 0 Å². The van der Waals surface area contributed by atoms with Crippen LogP contribution in [0.25, 0.3) is 10.9 Å². The summed E-state index contributed by atoms with van der Waals surface area (Å²) in [6, 6.07) is 12.1. The van der Waals surface area contributed by atoms with Crippen molar-refractivity contribution in [2.24, 2.45) is 5.92 Å². The Morgan fingerprint density at radius 3 is 3.04 bits per heavy atom. The number of aryl methyl sites for hydroxylation is 1. The fourth-order valence-corrected chi connectivity index (χ4v) is 3.61. The van der Waals surface area contributed by atoms with Crippen LogP contribution in [0.2, 0.25) is 0 Å². The van der Waals surface area contributed by atoms with Gasteiger partial charge in [0.2, 0.25) is 0 Å². The van der Waals surface area contributed by atoms with Crippen LogP contribution >= 0.6 is 0 Å². The molecule has 0 radical (unpaired) electrons. The van der Waals surface area contributed by atoms with E-state index in [1.165, 1.54) is 10.9 Å². The summed E-state index contributed by atoms with van der Waals surface area (Å²) in [5.74, 6) is 1.09. The number of benzene rings is 1. The Morgan fingerprint density at radius 2 is 2.20 bits per heavy atom. The molecular weight excluding hydrogens is 314 g/mol. The summed E-state index contributed by atoms with van der Waals surface area (Å²) < 4.78 is 5.03. The number of fused-ring (bicyclic) bond motifs is 1. The van der Waals surface area contributed by atoms with E-state index in [9.17, 15) is 4.79 Å². The third-order valence-electron chi connectivity index (χ3n) is 4.82. The molecule has 0 spiro atoms. The van der Waals surface area contributed by atoms with Crippen molar-refractivity contribution in [1.29, 1.82) is 0 Å². The maximum atomic E-state index is 12.6. The van der Waals surface area contributed by atoms with E-state index in [2.05, 4.69) is 22.3 Å². The van der Waals surface area contributed by atoms with Crippen molar-refractivity contribution in [2.75, 3.05) is 13.1 Å². The third-order valence-corrected chi connectivity index (χ3v) is 4.82. The van der Waals surface area contributed by atoms with Crippen molar-refractivity contribution in [3.63, 3.8) is 0 Å². The van der Waals surface area contributed by atoms with E-state index >= 15 is 0 Å². The number of carbonyl (C=O) groups excluding carboxylic acids is 1. The van der Waals surface area contributed by atoms with Gasteiger partial charge in [0, 0.05) is 30.7 Å². The van der Waals surface area contributed by atoms with Gasteiger partial charge in [-0.1, -0.05) is 23.4 Å². The highest BCUT2D eigenvalue weighted by atomic mass is 16.5. The Hall–Kier alpha value is -2.69. The minimum absolute atomic E-state index is 0.0295. The lowest BCUT2D eigenvalue weighted by atomic mass is 9.91. The van der Waals surface area contributed by atoms with Crippen molar-refractivity contribution in [2.45, 2.75) is 26.2 Å². The van der Waals surface area contributed by atoms with Crippen LogP contribution in [-0.2, 0) is 6.42 Å². The Kier molecular flexibility index (Phi) is 4.22. The first-order valence-electron chi connectivity index (χ1n) is 8.75. The molecule has 1 aliphatic rings. The number of aromatic nitrogens is 2. The zero-order valence-electron chi connectivity index (χ0n) is 14.3. The van der Waals surface area contributed by atoms with Gasteiger partial charge in [0.25, 0.3) is 5.91 Å². The quantitative estimate of drug-likeness (QED) is 0.733. The first-order chi connectivity index (χ1) is 12.2. The van der Waals surface area contributed by atoms with Gasteiger partial charge in [0.1, 0.15) is 5.76 Å². The largest absolute Gasteiger partial charge is 0.361 e. The van der Waals surface area contributed by atoms with Crippen molar-refractivity contribution < 1.29 is 9.32 Å². The van der Waals surface area contributed by atoms with Gasteiger partial charge in [-0.3, -0.25) is 9.78 Å². The summed E-state index contributed by atoms with van der Waals surface area (Å²) in [7, 11) is 0. The van der Waals surface area contributed by atoms with Crippen LogP contribution in [0.15, 0.2) is 47.1 Å². The highest BCUT2D eigenvalue weighted by molar-refractivity contribution is 5.92. The Balaban J connectivity index is 1.46. The second-order valence-corrected chi connectivity index (χ2v) is 6.82. The average molecular weight is 335 g/mol. The van der Waals surface area contributed by atoms with Gasteiger partial charge in [-0.05, 0) is 49.8 Å². The minimum atomic E-state index is -0.0295. The lowest BCUT2D eigenvalue weighted by molar-refractivity contribution is 0.0663. The Labute approximate surface area is 146 Å². The molecule has 1 saturated heterocycles. The van der Waals surface area contributed by atoms with Crippen LogP contribution in [0.3, 0.4) is 0 Å². The molecule has 4 rings (SSSR count). The average Bonchev–Trinajstić information content (AvgIpc) is 3.07. The summed E-state index contributed by atoms with van der Waals surface area (Å²) >= 11 is 0. The number of carbonyl (C=O) groups is 1. The number of hydrogen-bond donors (Lipinski definition) is 0. The Bertz CT molecular complexity index is 903. The highest BCUT2D eigenvalue weighted by Gasteiger charge is 2.26. The van der Waals surface area contributed by atoms with E-state index in [4.69, 9.17) is 4.52 Å². The normalized spacial score (nSPS) is 17.8. The number of nitrogens with zero attached hydrogens (tertiary/aromatic N) is 3. The summed E-state index contributed by atoms with van der Waals surface area (Å²) in [6.45, 7) is 3.35. The molecule has 2 aromatic heterocycles. The van der Waals surface area contributed by atoms with Crippen molar-refractivity contribution in [3.05, 3.63) is 59.6 Å². The number of para-hydroxylation sites is 1. The number of rotatable bonds is 3. The van der Waals surface area contributed by atoms with E-state index < -0.39 is 0 Å². The van der Waals surface area contributed by atoms with Gasteiger partial charge in [0.05, 0.1) is 5.52 Å². The molecule has 1 fully saturated rings. The molecule has 0 saturated carbocycles. The van der Waals surface area contributed by atoms with Crippen LogP contribution in [0.4, 0.5) is 0 Å². The molecule has 1 unspecified atom stereocenters. The molecular formula is C20H21N3O2. The van der Waals surface area contributed by atoms with Crippen LogP contribution in [0, 0.1) is 12.8 Å². The van der Waals surface area contributed by atoms with Crippen LogP contribution in [-0.4, -0.2) is 34.0 Å². The molecule has 1 aromatic carbocycles. The fourth-order valence-electron chi connectivity index (χ4n) is 3.61. The predicted octanol–water partition coefficient (Wildman–Crippen LogP) is 3.63. The standard InChI is InChI=1S/C20H21N3O2/c1-14-9-19(22-25-14)20(24)23-8-4-5-15(13-23)10-16-11-17-6-2-3-7-18(17)21-12-16/h2-3,6-7,9,11-12,15H,4-5,8,10,13H2,1H3. The molecule has 1 aliphatic heterocycles. The monoisotopic (exact) mass is 335 g/mol. The maximum absolute atomic E-state index is 12.6. The highest BCUT2D eigenvalue weighted by Crippen LogP contribution is 2.23. The van der Waals surface area contributed by atoms with Gasteiger partial charge in [-0.15, -0.1) is 0 Å². The number of amides is 1. The molecule has 1 amide bonds. The summed E-state index contributed by atoms with van der Waals surface area (Å²) in [5.41, 5.74) is 2.66. The van der Waals surface area contributed by atoms with Crippen LogP contribution < -0.4 is 0 Å². The van der Waals surface area contributed by atoms with Crippen molar-refractivity contribution >= 4 is 16.8 Å². The molecule has 0 bridgehead atoms. The van der Waals surface area contributed by atoms with Gasteiger partial charge >= 0.3 is 0 Å². The Morgan fingerprint density at radius 1 is 1.32 bits per heavy atom.